The van der Waals surface area contributed by atoms with E-state index in [1.54, 1.807) is 4.90 Å². The Morgan fingerprint density at radius 1 is 1.06 bits per heavy atom. The van der Waals surface area contributed by atoms with Crippen molar-refractivity contribution < 1.29 is 19.8 Å². The van der Waals surface area contributed by atoms with Gasteiger partial charge in [0.1, 0.15) is 6.04 Å². The number of carbonyl (C=O) groups excluding carboxylic acids is 1. The molecule has 0 aliphatic carbocycles. The summed E-state index contributed by atoms with van der Waals surface area (Å²) in [6.45, 7) is 4.57. The van der Waals surface area contributed by atoms with Crippen molar-refractivity contribution in [1.29, 1.82) is 0 Å². The molecule has 1 unspecified atom stereocenters. The lowest BCUT2D eigenvalue weighted by molar-refractivity contribution is -0.132. The number of carbonyl (C=O) groups is 2. The number of nitrogens with zero attached hydrogens (tertiary/aromatic N) is 1. The molecule has 1 saturated heterocycles. The molecule has 1 heterocycles. The van der Waals surface area contributed by atoms with Crippen LogP contribution in [-0.4, -0.2) is 58.0 Å². The van der Waals surface area contributed by atoms with Gasteiger partial charge in [0.15, 0.2) is 0 Å². The molecule has 166 valence electrons. The van der Waals surface area contributed by atoms with Crippen LogP contribution in [0.5, 0.6) is 0 Å². The average Bonchev–Trinajstić information content (AvgIpc) is 3.09. The van der Waals surface area contributed by atoms with Crippen molar-refractivity contribution in [1.82, 2.24) is 15.5 Å². The Kier molecular flexibility index (Phi) is 7.65. The molecule has 1 aliphatic heterocycles. The van der Waals surface area contributed by atoms with E-state index in [1.807, 2.05) is 74.5 Å². The summed E-state index contributed by atoms with van der Waals surface area (Å²) < 4.78 is 0. The molecule has 2 amide bonds. The smallest absolute Gasteiger partial charge is 0.404 e. The van der Waals surface area contributed by atoms with Crippen LogP contribution >= 0.6 is 0 Å². The first-order valence-electron chi connectivity index (χ1n) is 10.7. The zero-order chi connectivity index (χ0) is 22.4. The molecule has 1 fully saturated rings. The molecular formula is C24H31N3O4. The van der Waals surface area contributed by atoms with E-state index in [0.29, 0.717) is 13.0 Å². The Morgan fingerprint density at radius 2 is 1.65 bits per heavy atom. The number of nitrogens with one attached hydrogen (secondary N) is 2. The summed E-state index contributed by atoms with van der Waals surface area (Å²) in [5, 5.41) is 26.0. The van der Waals surface area contributed by atoms with Gasteiger partial charge in [0.25, 0.3) is 0 Å². The molecule has 0 spiro atoms. The van der Waals surface area contributed by atoms with Crippen LogP contribution in [0.3, 0.4) is 0 Å². The molecule has 0 aromatic heterocycles. The third kappa shape index (κ3) is 5.83. The maximum Gasteiger partial charge on any atom is 0.404 e. The minimum absolute atomic E-state index is 0.136. The quantitative estimate of drug-likeness (QED) is 0.494. The normalized spacial score (nSPS) is 20.6. The van der Waals surface area contributed by atoms with Crippen LogP contribution in [0.4, 0.5) is 4.79 Å². The lowest BCUT2D eigenvalue weighted by atomic mass is 9.96. The van der Waals surface area contributed by atoms with E-state index in [2.05, 4.69) is 10.6 Å². The van der Waals surface area contributed by atoms with Gasteiger partial charge in [0.05, 0.1) is 18.3 Å². The van der Waals surface area contributed by atoms with Crippen LogP contribution in [0.25, 0.3) is 0 Å². The van der Waals surface area contributed by atoms with E-state index >= 15 is 0 Å². The highest BCUT2D eigenvalue weighted by Gasteiger charge is 2.45. The van der Waals surface area contributed by atoms with Crippen molar-refractivity contribution in [3.05, 3.63) is 71.8 Å². The zero-order valence-electron chi connectivity index (χ0n) is 17.9. The summed E-state index contributed by atoms with van der Waals surface area (Å²) in [5.41, 5.74) is 2.02. The van der Waals surface area contributed by atoms with Crippen LogP contribution in [0.2, 0.25) is 0 Å². The number of rotatable bonds is 9. The highest BCUT2D eigenvalue weighted by Crippen LogP contribution is 2.22. The number of benzene rings is 2. The van der Waals surface area contributed by atoms with E-state index in [9.17, 15) is 19.8 Å². The predicted molar refractivity (Wildman–Crippen MR) is 119 cm³/mol. The van der Waals surface area contributed by atoms with E-state index in [1.165, 1.54) is 0 Å². The molecule has 4 N–H and O–H groups in total. The highest BCUT2D eigenvalue weighted by atomic mass is 16.4. The van der Waals surface area contributed by atoms with Gasteiger partial charge in [-0.25, -0.2) is 4.79 Å². The number of amides is 2. The molecule has 0 radical (unpaired) electrons. The molecule has 7 nitrogen and oxygen atoms in total. The van der Waals surface area contributed by atoms with Crippen LogP contribution in [0, 0.1) is 5.92 Å². The first kappa shape index (κ1) is 22.8. The van der Waals surface area contributed by atoms with Gasteiger partial charge in [-0.3, -0.25) is 10.1 Å². The minimum Gasteiger partial charge on any atom is -0.465 e. The molecule has 4 atom stereocenters. The predicted octanol–water partition coefficient (Wildman–Crippen LogP) is 2.25. The summed E-state index contributed by atoms with van der Waals surface area (Å²) in [5.74, 6) is -0.0655. The van der Waals surface area contributed by atoms with Crippen LogP contribution in [0.15, 0.2) is 60.7 Å². The van der Waals surface area contributed by atoms with Crippen molar-refractivity contribution in [2.75, 3.05) is 6.54 Å². The lowest BCUT2D eigenvalue weighted by Gasteiger charge is -2.27. The summed E-state index contributed by atoms with van der Waals surface area (Å²) in [6, 6.07) is 17.6. The van der Waals surface area contributed by atoms with Gasteiger partial charge >= 0.3 is 6.09 Å². The topological polar surface area (TPSA) is 102 Å². The first-order valence-corrected chi connectivity index (χ1v) is 10.7. The Morgan fingerprint density at radius 3 is 2.19 bits per heavy atom. The maximum atomic E-state index is 13.3. The molecule has 2 aromatic rings. The SMILES string of the molecule is CC(C)C1N[C@@H]([C@H](O)[C@H](Cc2ccccc2)NC(=O)O)C(=O)N1CCc1ccccc1. The Hall–Kier alpha value is -2.90. The van der Waals surface area contributed by atoms with Crippen molar-refractivity contribution in [2.24, 2.45) is 5.92 Å². The Bertz CT molecular complexity index is 860. The van der Waals surface area contributed by atoms with Crippen molar-refractivity contribution in [3.8, 4) is 0 Å². The van der Waals surface area contributed by atoms with Gasteiger partial charge in [-0.1, -0.05) is 74.5 Å². The number of hydrogen-bond donors (Lipinski definition) is 4. The molecule has 3 rings (SSSR count). The zero-order valence-corrected chi connectivity index (χ0v) is 17.9. The number of hydrogen-bond acceptors (Lipinski definition) is 4. The summed E-state index contributed by atoms with van der Waals surface area (Å²) >= 11 is 0. The fraction of sp³-hybridized carbons (Fsp3) is 0.417. The van der Waals surface area contributed by atoms with Gasteiger partial charge in [-0.15, -0.1) is 0 Å². The molecule has 0 saturated carbocycles. The number of aliphatic hydroxyl groups excluding tert-OH is 1. The van der Waals surface area contributed by atoms with Gasteiger partial charge in [-0.2, -0.15) is 0 Å². The Labute approximate surface area is 183 Å². The van der Waals surface area contributed by atoms with Gasteiger partial charge in [0.2, 0.25) is 5.91 Å². The van der Waals surface area contributed by atoms with Crippen LogP contribution < -0.4 is 10.6 Å². The fourth-order valence-electron chi connectivity index (χ4n) is 4.12. The third-order valence-electron chi connectivity index (χ3n) is 5.71. The maximum absolute atomic E-state index is 13.3. The molecule has 31 heavy (non-hydrogen) atoms. The van der Waals surface area contributed by atoms with Gasteiger partial charge in [-0.05, 0) is 29.9 Å². The summed E-state index contributed by atoms with van der Waals surface area (Å²) in [7, 11) is 0. The van der Waals surface area contributed by atoms with Crippen molar-refractivity contribution in [2.45, 2.75) is 51.0 Å². The summed E-state index contributed by atoms with van der Waals surface area (Å²) in [4.78, 5) is 26.4. The first-order chi connectivity index (χ1) is 14.9. The second-order valence-corrected chi connectivity index (χ2v) is 8.34. The van der Waals surface area contributed by atoms with Crippen molar-refractivity contribution >= 4 is 12.0 Å². The molecule has 7 heteroatoms. The minimum atomic E-state index is -1.23. The monoisotopic (exact) mass is 425 g/mol. The second kappa shape index (κ2) is 10.4. The summed E-state index contributed by atoms with van der Waals surface area (Å²) in [6.07, 6.45) is -1.66. The average molecular weight is 426 g/mol. The molecule has 1 aliphatic rings. The largest absolute Gasteiger partial charge is 0.465 e. The van der Waals surface area contributed by atoms with Gasteiger partial charge in [0, 0.05) is 6.54 Å². The fourth-order valence-corrected chi connectivity index (χ4v) is 4.12. The van der Waals surface area contributed by atoms with Crippen LogP contribution in [0.1, 0.15) is 25.0 Å². The standard InChI is InChI=1S/C24H31N3O4/c1-16(2)22-26-20(23(29)27(22)14-13-17-9-5-3-6-10-17)21(28)19(25-24(30)31)15-18-11-7-4-8-12-18/h3-12,16,19-22,25-26,28H,13-15H2,1-2H3,(H,30,31)/t19-,20-,21+,22?/m0/s1. The van der Waals surface area contributed by atoms with E-state index in [0.717, 1.165) is 11.1 Å². The number of aliphatic hydroxyl groups is 1. The van der Waals surface area contributed by atoms with Crippen molar-refractivity contribution in [3.63, 3.8) is 0 Å². The number of carboxylic acid groups (broad SMARTS) is 1. The van der Waals surface area contributed by atoms with E-state index < -0.39 is 24.3 Å². The van der Waals surface area contributed by atoms with Gasteiger partial charge < -0.3 is 20.4 Å². The van der Waals surface area contributed by atoms with E-state index in [-0.39, 0.29) is 24.4 Å². The van der Waals surface area contributed by atoms with E-state index in [4.69, 9.17) is 0 Å². The lowest BCUT2D eigenvalue weighted by Crippen LogP contribution is -2.55. The molecule has 0 bridgehead atoms. The molecular weight excluding hydrogens is 394 g/mol. The highest BCUT2D eigenvalue weighted by molar-refractivity contribution is 5.85. The van der Waals surface area contributed by atoms with Crippen LogP contribution in [-0.2, 0) is 17.6 Å². The third-order valence-corrected chi connectivity index (χ3v) is 5.71. The molecule has 2 aromatic carbocycles. The Balaban J connectivity index is 1.75. The second-order valence-electron chi connectivity index (χ2n) is 8.34.